The lowest BCUT2D eigenvalue weighted by Gasteiger charge is -2.42. The SMILES string of the molecule is CCCC1CCC(NCC)C(CN2CCCC2(C)C)C1. The molecule has 0 spiro atoms. The lowest BCUT2D eigenvalue weighted by molar-refractivity contribution is 0.0976. The van der Waals surface area contributed by atoms with Crippen LogP contribution in [-0.4, -0.2) is 36.1 Å². The zero-order valence-electron chi connectivity index (χ0n) is 14.3. The molecule has 1 saturated carbocycles. The smallest absolute Gasteiger partial charge is 0.0153 e. The summed E-state index contributed by atoms with van der Waals surface area (Å²) in [6.45, 7) is 13.3. The number of nitrogens with one attached hydrogen (secondary N) is 1. The minimum absolute atomic E-state index is 0.439. The van der Waals surface area contributed by atoms with Gasteiger partial charge in [0, 0.05) is 18.1 Å². The maximum absolute atomic E-state index is 3.77. The quantitative estimate of drug-likeness (QED) is 0.789. The van der Waals surface area contributed by atoms with Crippen molar-refractivity contribution in [3.05, 3.63) is 0 Å². The number of likely N-dealkylation sites (tertiary alicyclic amines) is 1. The Kier molecular flexibility index (Phi) is 5.92. The Labute approximate surface area is 126 Å². The van der Waals surface area contributed by atoms with Crippen LogP contribution in [0.1, 0.15) is 72.6 Å². The Morgan fingerprint density at radius 2 is 2.00 bits per heavy atom. The fourth-order valence-electron chi connectivity index (χ4n) is 4.55. The molecule has 1 aliphatic carbocycles. The molecule has 0 aromatic rings. The van der Waals surface area contributed by atoms with Gasteiger partial charge in [0.15, 0.2) is 0 Å². The molecule has 20 heavy (non-hydrogen) atoms. The Balaban J connectivity index is 1.96. The summed E-state index contributed by atoms with van der Waals surface area (Å²) >= 11 is 0. The van der Waals surface area contributed by atoms with Crippen molar-refractivity contribution in [2.24, 2.45) is 11.8 Å². The van der Waals surface area contributed by atoms with E-state index in [-0.39, 0.29) is 0 Å². The molecule has 2 fully saturated rings. The van der Waals surface area contributed by atoms with Crippen LogP contribution in [0.15, 0.2) is 0 Å². The van der Waals surface area contributed by atoms with E-state index in [0.29, 0.717) is 5.54 Å². The number of rotatable bonds is 6. The van der Waals surface area contributed by atoms with Crippen LogP contribution in [-0.2, 0) is 0 Å². The van der Waals surface area contributed by atoms with Gasteiger partial charge in [-0.05, 0) is 70.9 Å². The van der Waals surface area contributed by atoms with Crippen molar-refractivity contribution < 1.29 is 0 Å². The van der Waals surface area contributed by atoms with E-state index in [9.17, 15) is 0 Å². The summed E-state index contributed by atoms with van der Waals surface area (Å²) in [5, 5.41) is 3.77. The Hall–Kier alpha value is -0.0800. The zero-order valence-corrected chi connectivity index (χ0v) is 14.3. The van der Waals surface area contributed by atoms with Crippen molar-refractivity contribution in [2.75, 3.05) is 19.6 Å². The van der Waals surface area contributed by atoms with Crippen molar-refractivity contribution in [1.82, 2.24) is 10.2 Å². The third kappa shape index (κ3) is 3.98. The maximum atomic E-state index is 3.77. The third-order valence-electron chi connectivity index (χ3n) is 5.78. The molecule has 0 bridgehead atoms. The standard InChI is InChI=1S/C18H36N2/c1-5-8-15-9-10-17(19-6-2)16(13-15)14-20-12-7-11-18(20,3)4/h15-17,19H,5-14H2,1-4H3. The Bertz CT molecular complexity index is 287. The monoisotopic (exact) mass is 280 g/mol. The Morgan fingerprint density at radius 1 is 1.20 bits per heavy atom. The molecule has 1 aliphatic heterocycles. The van der Waals surface area contributed by atoms with Gasteiger partial charge < -0.3 is 5.32 Å². The third-order valence-corrected chi connectivity index (χ3v) is 5.78. The van der Waals surface area contributed by atoms with Crippen molar-refractivity contribution in [1.29, 1.82) is 0 Å². The summed E-state index contributed by atoms with van der Waals surface area (Å²) in [6.07, 6.45) is 9.88. The molecule has 0 aromatic heterocycles. The van der Waals surface area contributed by atoms with Crippen LogP contribution in [0, 0.1) is 11.8 Å². The fraction of sp³-hybridized carbons (Fsp3) is 1.00. The average Bonchev–Trinajstić information content (AvgIpc) is 2.72. The van der Waals surface area contributed by atoms with Gasteiger partial charge >= 0.3 is 0 Å². The molecule has 3 unspecified atom stereocenters. The highest BCUT2D eigenvalue weighted by atomic mass is 15.2. The first-order valence-corrected chi connectivity index (χ1v) is 9.05. The lowest BCUT2D eigenvalue weighted by atomic mass is 9.75. The highest BCUT2D eigenvalue weighted by Gasteiger charge is 2.37. The molecule has 2 heteroatoms. The number of nitrogens with zero attached hydrogens (tertiary/aromatic N) is 1. The van der Waals surface area contributed by atoms with Crippen molar-refractivity contribution in [3.63, 3.8) is 0 Å². The Morgan fingerprint density at radius 3 is 2.60 bits per heavy atom. The predicted molar refractivity (Wildman–Crippen MR) is 88.1 cm³/mol. The van der Waals surface area contributed by atoms with Crippen LogP contribution in [0.25, 0.3) is 0 Å². The van der Waals surface area contributed by atoms with Gasteiger partial charge in [0.25, 0.3) is 0 Å². The topological polar surface area (TPSA) is 15.3 Å². The predicted octanol–water partition coefficient (Wildman–Crippen LogP) is 4.06. The summed E-state index contributed by atoms with van der Waals surface area (Å²) in [4.78, 5) is 2.77. The summed E-state index contributed by atoms with van der Waals surface area (Å²) in [7, 11) is 0. The fourth-order valence-corrected chi connectivity index (χ4v) is 4.55. The number of hydrogen-bond donors (Lipinski definition) is 1. The second-order valence-corrected chi connectivity index (χ2v) is 7.75. The van der Waals surface area contributed by atoms with Crippen LogP contribution < -0.4 is 5.32 Å². The van der Waals surface area contributed by atoms with E-state index in [2.05, 4.69) is 37.9 Å². The summed E-state index contributed by atoms with van der Waals surface area (Å²) in [5.74, 6) is 1.86. The van der Waals surface area contributed by atoms with Crippen LogP contribution in [0.3, 0.4) is 0 Å². The molecule has 1 heterocycles. The second kappa shape index (κ2) is 7.26. The highest BCUT2D eigenvalue weighted by Crippen LogP contribution is 2.36. The second-order valence-electron chi connectivity index (χ2n) is 7.75. The van der Waals surface area contributed by atoms with Gasteiger partial charge in [-0.1, -0.05) is 26.7 Å². The van der Waals surface area contributed by atoms with E-state index < -0.39 is 0 Å². The first kappa shape index (κ1) is 16.3. The molecule has 2 aliphatic rings. The van der Waals surface area contributed by atoms with E-state index in [0.717, 1.165) is 24.4 Å². The van der Waals surface area contributed by atoms with Gasteiger partial charge in [-0.25, -0.2) is 0 Å². The molecule has 0 aromatic carbocycles. The van der Waals surface area contributed by atoms with Gasteiger partial charge in [-0.3, -0.25) is 4.90 Å². The van der Waals surface area contributed by atoms with E-state index in [1.165, 1.54) is 58.0 Å². The van der Waals surface area contributed by atoms with Gasteiger partial charge in [-0.2, -0.15) is 0 Å². The largest absolute Gasteiger partial charge is 0.314 e. The molecule has 118 valence electrons. The lowest BCUT2D eigenvalue weighted by Crippen LogP contribution is -2.49. The summed E-state index contributed by atoms with van der Waals surface area (Å²) in [6, 6.07) is 0.768. The van der Waals surface area contributed by atoms with Crippen LogP contribution in [0.2, 0.25) is 0 Å². The van der Waals surface area contributed by atoms with Gasteiger partial charge in [0.1, 0.15) is 0 Å². The van der Waals surface area contributed by atoms with E-state index in [4.69, 9.17) is 0 Å². The van der Waals surface area contributed by atoms with Crippen LogP contribution >= 0.6 is 0 Å². The van der Waals surface area contributed by atoms with Crippen molar-refractivity contribution in [2.45, 2.75) is 84.2 Å². The normalized spacial score (nSPS) is 34.5. The molecule has 1 saturated heterocycles. The molecular weight excluding hydrogens is 244 g/mol. The van der Waals surface area contributed by atoms with Gasteiger partial charge in [0.2, 0.25) is 0 Å². The average molecular weight is 280 g/mol. The number of hydrogen-bond acceptors (Lipinski definition) is 2. The molecule has 0 amide bonds. The minimum atomic E-state index is 0.439. The maximum Gasteiger partial charge on any atom is 0.0153 e. The molecule has 2 nitrogen and oxygen atoms in total. The van der Waals surface area contributed by atoms with Crippen LogP contribution in [0.4, 0.5) is 0 Å². The van der Waals surface area contributed by atoms with Crippen LogP contribution in [0.5, 0.6) is 0 Å². The van der Waals surface area contributed by atoms with E-state index >= 15 is 0 Å². The first-order valence-electron chi connectivity index (χ1n) is 9.05. The molecule has 2 rings (SSSR count). The van der Waals surface area contributed by atoms with Crippen molar-refractivity contribution >= 4 is 0 Å². The molecule has 0 radical (unpaired) electrons. The van der Waals surface area contributed by atoms with E-state index in [1.807, 2.05) is 0 Å². The van der Waals surface area contributed by atoms with Gasteiger partial charge in [-0.15, -0.1) is 0 Å². The van der Waals surface area contributed by atoms with E-state index in [1.54, 1.807) is 0 Å². The van der Waals surface area contributed by atoms with Gasteiger partial charge in [0.05, 0.1) is 0 Å². The summed E-state index contributed by atoms with van der Waals surface area (Å²) < 4.78 is 0. The van der Waals surface area contributed by atoms with Crippen molar-refractivity contribution in [3.8, 4) is 0 Å². The minimum Gasteiger partial charge on any atom is -0.314 e. The zero-order chi connectivity index (χ0) is 14.6. The first-order chi connectivity index (χ1) is 9.56. The molecule has 3 atom stereocenters. The molecular formula is C18H36N2. The molecule has 1 N–H and O–H groups in total. The highest BCUT2D eigenvalue weighted by molar-refractivity contribution is 4.93. The summed E-state index contributed by atoms with van der Waals surface area (Å²) in [5.41, 5.74) is 0.439.